The van der Waals surface area contributed by atoms with Crippen LogP contribution in [-0.4, -0.2) is 36.1 Å². The number of nitrogens with zero attached hydrogens (tertiary/aromatic N) is 4. The third-order valence-corrected chi connectivity index (χ3v) is 9.29. The second-order valence-corrected chi connectivity index (χ2v) is 14.8. The molecule has 0 aliphatic heterocycles. The summed E-state index contributed by atoms with van der Waals surface area (Å²) in [5.74, 6) is -0.0396. The summed E-state index contributed by atoms with van der Waals surface area (Å²) in [5.41, 5.74) is 6.59. The number of ether oxygens (including phenoxy) is 1. The predicted molar refractivity (Wildman–Crippen MR) is 174 cm³/mol. The van der Waals surface area contributed by atoms with E-state index in [-0.39, 0.29) is 56.8 Å². The van der Waals surface area contributed by atoms with Gasteiger partial charge in [0.2, 0.25) is 0 Å². The molecule has 1 aromatic carbocycles. The number of carbonyl (C=O) groups is 1. The van der Waals surface area contributed by atoms with Gasteiger partial charge in [-0.2, -0.15) is 0 Å². The summed E-state index contributed by atoms with van der Waals surface area (Å²) in [7, 11) is 0. The number of anilines is 1. The van der Waals surface area contributed by atoms with Gasteiger partial charge in [0.05, 0.1) is 0 Å². The van der Waals surface area contributed by atoms with Gasteiger partial charge < -0.3 is 15.6 Å². The van der Waals surface area contributed by atoms with Crippen LogP contribution in [0.3, 0.4) is 0 Å². The second-order valence-electron chi connectivity index (χ2n) is 14.4. The SMILES string of the molecule is C/C(O)=c1\c(N)nc2c(C(=O)OC3C(C(C)(C)C)CC(C)CC3C(C)(C)C)c(-c3ccc(Cl)cc3)c(-n3ccnc3)n2c1=O. The summed E-state index contributed by atoms with van der Waals surface area (Å²) in [6.07, 6.45) is 6.27. The third kappa shape index (κ3) is 5.58. The summed E-state index contributed by atoms with van der Waals surface area (Å²) in [4.78, 5) is 37.5. The highest BCUT2D eigenvalue weighted by Gasteiger charge is 2.48. The molecule has 2 unspecified atom stereocenters. The van der Waals surface area contributed by atoms with Crippen LogP contribution in [0.5, 0.6) is 0 Å². The maximum atomic E-state index is 14.7. The molecule has 1 saturated carbocycles. The van der Waals surface area contributed by atoms with Crippen molar-refractivity contribution >= 4 is 34.8 Å². The Kier molecular flexibility index (Phi) is 8.08. The average Bonchev–Trinajstić information content (AvgIpc) is 3.55. The summed E-state index contributed by atoms with van der Waals surface area (Å²) in [6, 6.07) is 7.00. The zero-order valence-corrected chi connectivity index (χ0v) is 27.4. The first-order valence-corrected chi connectivity index (χ1v) is 15.4. The van der Waals surface area contributed by atoms with Gasteiger partial charge in [-0.05, 0) is 54.2 Å². The van der Waals surface area contributed by atoms with Crippen LogP contribution in [0.4, 0.5) is 5.82 Å². The van der Waals surface area contributed by atoms with E-state index < -0.39 is 11.5 Å². The van der Waals surface area contributed by atoms with Gasteiger partial charge >= 0.3 is 5.97 Å². The minimum absolute atomic E-state index is 0.0416. The number of carbonyl (C=O) groups excluding carboxylic acids is 1. The van der Waals surface area contributed by atoms with Crippen molar-refractivity contribution in [3.63, 3.8) is 0 Å². The van der Waals surface area contributed by atoms with Gasteiger partial charge in [0, 0.05) is 34.8 Å². The van der Waals surface area contributed by atoms with Crippen LogP contribution in [0.15, 0.2) is 47.8 Å². The van der Waals surface area contributed by atoms with Crippen molar-refractivity contribution in [1.29, 1.82) is 0 Å². The lowest BCUT2D eigenvalue weighted by molar-refractivity contribution is -0.0922. The van der Waals surface area contributed by atoms with Crippen molar-refractivity contribution in [2.45, 2.75) is 74.3 Å². The quantitative estimate of drug-likeness (QED) is 0.251. The highest BCUT2D eigenvalue weighted by Crippen LogP contribution is 2.50. The Balaban J connectivity index is 1.84. The maximum Gasteiger partial charge on any atom is 0.343 e. The molecule has 3 N–H and O–H groups in total. The molecule has 2 atom stereocenters. The van der Waals surface area contributed by atoms with E-state index in [0.29, 0.717) is 27.9 Å². The number of aliphatic hydroxyl groups excluding tert-OH is 1. The van der Waals surface area contributed by atoms with E-state index in [2.05, 4.69) is 58.4 Å². The smallest absolute Gasteiger partial charge is 0.343 e. The number of nitrogens with two attached hydrogens (primary N) is 1. The number of hydrogen-bond donors (Lipinski definition) is 2. The standard InChI is InChI=1S/C34H42ClN5O4/c1-18-15-22(33(3,4)5)27(23(16-18)34(6,7)8)44-32(43)26-25(20-9-11-21(35)12-10-20)30(39-14-13-37-17-39)40-29(26)38-28(36)24(19(2)41)31(40)42/h9-14,17-18,22-23,27,41H,15-16H2,1-8H3,(H2,36,38)/b24-19-. The van der Waals surface area contributed by atoms with Crippen LogP contribution in [-0.2, 0) is 4.74 Å². The number of nitrogen functional groups attached to an aromatic ring is 1. The van der Waals surface area contributed by atoms with E-state index in [1.165, 1.54) is 17.7 Å². The first kappa shape index (κ1) is 31.6. The molecule has 0 saturated heterocycles. The summed E-state index contributed by atoms with van der Waals surface area (Å²) in [6.45, 7) is 16.8. The van der Waals surface area contributed by atoms with E-state index >= 15 is 0 Å². The number of benzene rings is 1. The molecule has 0 radical (unpaired) electrons. The van der Waals surface area contributed by atoms with E-state index in [1.807, 2.05) is 0 Å². The number of rotatable bonds is 4. The predicted octanol–water partition coefficient (Wildman–Crippen LogP) is 6.47. The number of imidazole rings is 1. The van der Waals surface area contributed by atoms with Crippen LogP contribution >= 0.6 is 11.6 Å². The van der Waals surface area contributed by atoms with Gasteiger partial charge in [-0.25, -0.2) is 19.2 Å². The molecule has 1 aliphatic rings. The van der Waals surface area contributed by atoms with Crippen LogP contribution in [0.1, 0.15) is 78.6 Å². The van der Waals surface area contributed by atoms with Crippen molar-refractivity contribution in [1.82, 2.24) is 18.9 Å². The molecule has 234 valence electrons. The zero-order chi connectivity index (χ0) is 32.3. The molecule has 10 heteroatoms. The van der Waals surface area contributed by atoms with Gasteiger partial charge in [-0.15, -0.1) is 0 Å². The van der Waals surface area contributed by atoms with Crippen molar-refractivity contribution in [2.75, 3.05) is 5.73 Å². The molecule has 1 fully saturated rings. The summed E-state index contributed by atoms with van der Waals surface area (Å²) < 4.78 is 9.59. The van der Waals surface area contributed by atoms with E-state index in [9.17, 15) is 14.7 Å². The summed E-state index contributed by atoms with van der Waals surface area (Å²) >= 11 is 6.26. The van der Waals surface area contributed by atoms with E-state index in [1.54, 1.807) is 41.2 Å². The number of esters is 1. The Hall–Kier alpha value is -3.85. The fourth-order valence-electron chi connectivity index (χ4n) is 6.84. The average molecular weight is 620 g/mol. The molecule has 0 amide bonds. The molecule has 4 aromatic rings. The Labute approximate surface area is 262 Å². The number of halogens is 1. The van der Waals surface area contributed by atoms with Gasteiger partial charge in [-0.1, -0.05) is 72.2 Å². The van der Waals surface area contributed by atoms with Crippen LogP contribution in [0.2, 0.25) is 5.02 Å². The second kappa shape index (κ2) is 11.3. The fourth-order valence-corrected chi connectivity index (χ4v) is 6.97. The fraction of sp³-hybridized carbons (Fsp3) is 0.471. The molecular formula is C34H42ClN5O4. The van der Waals surface area contributed by atoms with Crippen LogP contribution in [0, 0.1) is 28.6 Å². The third-order valence-electron chi connectivity index (χ3n) is 9.04. The Morgan fingerprint density at radius 2 is 1.66 bits per heavy atom. The van der Waals surface area contributed by atoms with Gasteiger partial charge in [0.1, 0.15) is 40.6 Å². The minimum atomic E-state index is -0.614. The Bertz CT molecular complexity index is 1790. The van der Waals surface area contributed by atoms with Crippen molar-refractivity contribution in [3.8, 4) is 16.9 Å². The highest BCUT2D eigenvalue weighted by atomic mass is 35.5. The Morgan fingerprint density at radius 1 is 1.07 bits per heavy atom. The van der Waals surface area contributed by atoms with Gasteiger partial charge in [0.15, 0.2) is 5.65 Å². The van der Waals surface area contributed by atoms with Crippen LogP contribution < -0.4 is 16.5 Å². The van der Waals surface area contributed by atoms with Crippen molar-refractivity contribution < 1.29 is 14.6 Å². The van der Waals surface area contributed by atoms with Gasteiger partial charge in [-0.3, -0.25) is 9.36 Å². The van der Waals surface area contributed by atoms with Crippen molar-refractivity contribution in [3.05, 3.63) is 69.1 Å². The first-order valence-electron chi connectivity index (χ1n) is 15.0. The molecule has 5 rings (SSSR count). The van der Waals surface area contributed by atoms with Crippen molar-refractivity contribution in [2.24, 2.45) is 28.6 Å². The molecule has 3 heterocycles. The zero-order valence-electron chi connectivity index (χ0n) is 26.7. The molecular weight excluding hydrogens is 578 g/mol. The topological polar surface area (TPSA) is 125 Å². The normalized spacial score (nSPS) is 21.8. The molecule has 9 nitrogen and oxygen atoms in total. The number of hydrogen-bond acceptors (Lipinski definition) is 7. The molecule has 44 heavy (non-hydrogen) atoms. The highest BCUT2D eigenvalue weighted by molar-refractivity contribution is 6.30. The number of aromatic nitrogens is 4. The van der Waals surface area contributed by atoms with E-state index in [4.69, 9.17) is 22.1 Å². The minimum Gasteiger partial charge on any atom is -0.512 e. The maximum absolute atomic E-state index is 14.7. The number of fused-ring (bicyclic) bond motifs is 1. The number of aliphatic hydroxyl groups is 1. The first-order chi connectivity index (χ1) is 20.5. The largest absolute Gasteiger partial charge is 0.512 e. The molecule has 1 aliphatic carbocycles. The van der Waals surface area contributed by atoms with Crippen LogP contribution in [0.25, 0.3) is 28.4 Å². The molecule has 3 aromatic heterocycles. The monoisotopic (exact) mass is 619 g/mol. The van der Waals surface area contributed by atoms with Gasteiger partial charge in [0.25, 0.3) is 5.56 Å². The Morgan fingerprint density at radius 3 is 2.16 bits per heavy atom. The molecule has 0 bridgehead atoms. The lowest BCUT2D eigenvalue weighted by Gasteiger charge is -2.50. The summed E-state index contributed by atoms with van der Waals surface area (Å²) in [5, 5.41) is 10.8. The lowest BCUT2D eigenvalue weighted by Crippen LogP contribution is -2.49. The van der Waals surface area contributed by atoms with E-state index in [0.717, 1.165) is 12.8 Å². The molecule has 0 spiro atoms. The lowest BCUT2D eigenvalue weighted by atomic mass is 9.59.